The zero-order valence-electron chi connectivity index (χ0n) is 20.7. The SMILES string of the molecule is COc1cc(-c2c(C(C)C)cccc2C(C)C)cc([C@H](C)C#Cc2c(C)nc(N)nc2N)c1. The van der Waals surface area contributed by atoms with Crippen LogP contribution in [0, 0.1) is 18.8 Å². The van der Waals surface area contributed by atoms with Crippen molar-refractivity contribution >= 4 is 11.8 Å². The monoisotopic (exact) mass is 442 g/mol. The summed E-state index contributed by atoms with van der Waals surface area (Å²) in [6, 6.07) is 13.0. The van der Waals surface area contributed by atoms with Crippen LogP contribution in [0.15, 0.2) is 36.4 Å². The molecule has 4 N–H and O–H groups in total. The Labute approximate surface area is 197 Å². The molecule has 0 aliphatic heterocycles. The summed E-state index contributed by atoms with van der Waals surface area (Å²) in [7, 11) is 1.70. The number of anilines is 2. The van der Waals surface area contributed by atoms with Crippen molar-refractivity contribution in [1.29, 1.82) is 0 Å². The van der Waals surface area contributed by atoms with Gasteiger partial charge in [-0.1, -0.05) is 57.7 Å². The third-order valence-electron chi connectivity index (χ3n) is 5.88. The van der Waals surface area contributed by atoms with E-state index in [0.717, 1.165) is 16.9 Å². The zero-order chi connectivity index (χ0) is 24.3. The highest BCUT2D eigenvalue weighted by Gasteiger charge is 2.18. The van der Waals surface area contributed by atoms with Gasteiger partial charge in [-0.05, 0) is 71.7 Å². The minimum absolute atomic E-state index is 0.0519. The van der Waals surface area contributed by atoms with Gasteiger partial charge in [-0.15, -0.1) is 0 Å². The minimum atomic E-state index is -0.0519. The van der Waals surface area contributed by atoms with E-state index in [1.807, 2.05) is 13.0 Å². The largest absolute Gasteiger partial charge is 0.497 e. The van der Waals surface area contributed by atoms with Gasteiger partial charge >= 0.3 is 0 Å². The van der Waals surface area contributed by atoms with Crippen LogP contribution in [0.4, 0.5) is 11.8 Å². The van der Waals surface area contributed by atoms with E-state index in [1.165, 1.54) is 16.7 Å². The third-order valence-corrected chi connectivity index (χ3v) is 5.88. The van der Waals surface area contributed by atoms with Gasteiger partial charge in [0.05, 0.1) is 18.4 Å². The van der Waals surface area contributed by atoms with Crippen molar-refractivity contribution in [3.05, 3.63) is 64.3 Å². The Bertz CT molecular complexity index is 1170. The average Bonchev–Trinajstić information content (AvgIpc) is 2.77. The second-order valence-corrected chi connectivity index (χ2v) is 9.03. The molecule has 0 saturated carbocycles. The Morgan fingerprint density at radius 3 is 2.09 bits per heavy atom. The van der Waals surface area contributed by atoms with Crippen LogP contribution in [0.5, 0.6) is 5.75 Å². The first-order chi connectivity index (χ1) is 15.6. The smallest absolute Gasteiger partial charge is 0.222 e. The van der Waals surface area contributed by atoms with Crippen LogP contribution < -0.4 is 16.2 Å². The number of methoxy groups -OCH3 is 1. The van der Waals surface area contributed by atoms with E-state index in [9.17, 15) is 0 Å². The van der Waals surface area contributed by atoms with Crippen LogP contribution in [0.25, 0.3) is 11.1 Å². The molecule has 5 nitrogen and oxygen atoms in total. The molecule has 0 amide bonds. The molecule has 0 bridgehead atoms. The number of hydrogen-bond donors (Lipinski definition) is 2. The van der Waals surface area contributed by atoms with Crippen molar-refractivity contribution in [2.75, 3.05) is 18.6 Å². The van der Waals surface area contributed by atoms with Gasteiger partial charge in [-0.3, -0.25) is 0 Å². The molecule has 0 unspecified atom stereocenters. The van der Waals surface area contributed by atoms with Crippen LogP contribution >= 0.6 is 0 Å². The number of ether oxygens (including phenoxy) is 1. The molecule has 172 valence electrons. The maximum absolute atomic E-state index is 6.03. The molecule has 0 aliphatic rings. The average molecular weight is 443 g/mol. The highest BCUT2D eigenvalue weighted by molar-refractivity contribution is 5.74. The van der Waals surface area contributed by atoms with Gasteiger partial charge in [-0.25, -0.2) is 4.98 Å². The third kappa shape index (κ3) is 5.28. The van der Waals surface area contributed by atoms with Crippen molar-refractivity contribution in [2.45, 2.75) is 59.3 Å². The molecule has 0 radical (unpaired) electrons. The summed E-state index contributed by atoms with van der Waals surface area (Å²) < 4.78 is 5.68. The van der Waals surface area contributed by atoms with Gasteiger partial charge in [0.15, 0.2) is 0 Å². The molecule has 0 spiro atoms. The normalized spacial score (nSPS) is 11.9. The summed E-state index contributed by atoms with van der Waals surface area (Å²) in [6.07, 6.45) is 0. The summed E-state index contributed by atoms with van der Waals surface area (Å²) >= 11 is 0. The van der Waals surface area contributed by atoms with Crippen LogP contribution in [-0.2, 0) is 0 Å². The summed E-state index contributed by atoms with van der Waals surface area (Å²) in [5.41, 5.74) is 19.2. The van der Waals surface area contributed by atoms with Crippen molar-refractivity contribution in [2.24, 2.45) is 0 Å². The maximum Gasteiger partial charge on any atom is 0.222 e. The van der Waals surface area contributed by atoms with Crippen LogP contribution in [-0.4, -0.2) is 17.1 Å². The molecule has 1 aromatic heterocycles. The van der Waals surface area contributed by atoms with Gasteiger partial charge in [0.25, 0.3) is 0 Å². The summed E-state index contributed by atoms with van der Waals surface area (Å²) in [5.74, 6) is 8.52. The van der Waals surface area contributed by atoms with Gasteiger partial charge in [0, 0.05) is 5.92 Å². The van der Waals surface area contributed by atoms with Crippen LogP contribution in [0.2, 0.25) is 0 Å². The van der Waals surface area contributed by atoms with Crippen molar-refractivity contribution in [3.63, 3.8) is 0 Å². The quantitative estimate of drug-likeness (QED) is 0.471. The number of nitrogen functional groups attached to an aromatic ring is 2. The fraction of sp³-hybridized carbons (Fsp3) is 0.357. The lowest BCUT2D eigenvalue weighted by Gasteiger charge is -2.21. The Kier molecular flexibility index (Phi) is 7.28. The summed E-state index contributed by atoms with van der Waals surface area (Å²) in [5, 5.41) is 0. The van der Waals surface area contributed by atoms with E-state index < -0.39 is 0 Å². The van der Waals surface area contributed by atoms with E-state index in [1.54, 1.807) is 7.11 Å². The van der Waals surface area contributed by atoms with Gasteiger partial charge < -0.3 is 16.2 Å². The van der Waals surface area contributed by atoms with Crippen molar-refractivity contribution < 1.29 is 4.74 Å². The highest BCUT2D eigenvalue weighted by Crippen LogP contribution is 2.39. The molecule has 0 saturated heterocycles. The topological polar surface area (TPSA) is 87.0 Å². The van der Waals surface area contributed by atoms with E-state index in [2.05, 4.69) is 86.8 Å². The molecule has 1 heterocycles. The number of hydrogen-bond acceptors (Lipinski definition) is 5. The van der Waals surface area contributed by atoms with Gasteiger partial charge in [-0.2, -0.15) is 4.98 Å². The van der Waals surface area contributed by atoms with Crippen molar-refractivity contribution in [3.8, 4) is 28.7 Å². The molecular formula is C28H34N4O. The van der Waals surface area contributed by atoms with Crippen LogP contribution in [0.1, 0.15) is 80.3 Å². The fourth-order valence-corrected chi connectivity index (χ4v) is 4.05. The van der Waals surface area contributed by atoms with E-state index in [-0.39, 0.29) is 11.9 Å². The number of nitrogens with two attached hydrogens (primary N) is 2. The molecule has 1 atom stereocenters. The fourth-order valence-electron chi connectivity index (χ4n) is 4.05. The number of benzene rings is 2. The van der Waals surface area contributed by atoms with Gasteiger partial charge in [0.1, 0.15) is 11.6 Å². The van der Waals surface area contributed by atoms with Crippen molar-refractivity contribution in [1.82, 2.24) is 9.97 Å². The minimum Gasteiger partial charge on any atom is -0.497 e. The first kappa shape index (κ1) is 24.1. The standard InChI is InChI=1S/C28H34N4O/c1-16(2)23-9-8-10-24(17(3)4)26(23)21-13-20(14-22(15-21)33-7)18(5)11-12-25-19(6)31-28(30)32-27(25)29/h8-10,13-18H,1-7H3,(H4,29,30,31,32)/t18-/m1/s1. The Morgan fingerprint density at radius 1 is 0.909 bits per heavy atom. The second kappa shape index (κ2) is 9.95. The zero-order valence-corrected chi connectivity index (χ0v) is 20.7. The Morgan fingerprint density at radius 2 is 1.55 bits per heavy atom. The highest BCUT2D eigenvalue weighted by atomic mass is 16.5. The number of aryl methyl sites for hydroxylation is 1. The summed E-state index contributed by atoms with van der Waals surface area (Å²) in [4.78, 5) is 8.22. The lowest BCUT2D eigenvalue weighted by atomic mass is 9.84. The molecule has 0 aliphatic carbocycles. The van der Waals surface area contributed by atoms with Crippen LogP contribution in [0.3, 0.4) is 0 Å². The molecule has 3 rings (SSSR count). The molecule has 0 fully saturated rings. The predicted molar refractivity (Wildman–Crippen MR) is 137 cm³/mol. The van der Waals surface area contributed by atoms with Gasteiger partial charge in [0.2, 0.25) is 5.95 Å². The molecule has 5 heteroatoms. The lowest BCUT2D eigenvalue weighted by molar-refractivity contribution is 0.414. The maximum atomic E-state index is 6.03. The molecule has 3 aromatic rings. The molecule has 33 heavy (non-hydrogen) atoms. The molecule has 2 aromatic carbocycles. The Balaban J connectivity index is 2.13. The van der Waals surface area contributed by atoms with E-state index >= 15 is 0 Å². The number of aromatic nitrogens is 2. The van der Waals surface area contributed by atoms with E-state index in [0.29, 0.717) is 28.9 Å². The van der Waals surface area contributed by atoms with E-state index in [4.69, 9.17) is 16.2 Å². The predicted octanol–water partition coefficient (Wildman–Crippen LogP) is 6.03. The number of nitrogens with zero attached hydrogens (tertiary/aromatic N) is 2. The Hall–Kier alpha value is -3.52. The lowest BCUT2D eigenvalue weighted by Crippen LogP contribution is -2.05. The second-order valence-electron chi connectivity index (χ2n) is 9.03. The first-order valence-corrected chi connectivity index (χ1v) is 11.4. The first-order valence-electron chi connectivity index (χ1n) is 11.4. The summed E-state index contributed by atoms with van der Waals surface area (Å²) in [6.45, 7) is 12.9. The molecular weight excluding hydrogens is 408 g/mol. The number of rotatable bonds is 5.